The van der Waals surface area contributed by atoms with Crippen LogP contribution in [0.3, 0.4) is 0 Å². The fourth-order valence-electron chi connectivity index (χ4n) is 9.97. The number of rotatable bonds is 73. The number of carbonyl (C=O) groups is 4. The molecule has 0 aliphatic carbocycles. The summed E-state index contributed by atoms with van der Waals surface area (Å²) in [5.74, 6) is 1.98. The van der Waals surface area contributed by atoms with Gasteiger partial charge in [-0.2, -0.15) is 0 Å². The van der Waals surface area contributed by atoms with E-state index in [-0.39, 0.29) is 23.9 Å². The van der Waals surface area contributed by atoms with Gasteiger partial charge in [-0.15, -0.1) is 0 Å². The molecule has 0 aromatic heterocycles. The van der Waals surface area contributed by atoms with Crippen LogP contribution in [-0.2, 0) is 47.2 Å². The second-order valence-electron chi connectivity index (χ2n) is 23.9. The van der Waals surface area contributed by atoms with Crippen LogP contribution in [0.4, 0.5) is 0 Å². The zero-order chi connectivity index (χ0) is 62.4. The predicted molar refractivity (Wildman–Crippen MR) is 382 cm³/mol. The first kappa shape index (κ1) is 86.1. The van der Waals surface area contributed by atoms with Crippen molar-refractivity contribution in [2.24, 2.45) is 0 Å². The van der Waals surface area contributed by atoms with Crippen LogP contribution >= 0.6 is 58.6 Å². The molecule has 0 aromatic rings. The number of carbonyl (C=O) groups excluding carboxylic acids is 4. The van der Waals surface area contributed by atoms with Gasteiger partial charge in [0.1, 0.15) is 0 Å². The zero-order valence-corrected chi connectivity index (χ0v) is 61.5. The summed E-state index contributed by atoms with van der Waals surface area (Å²) >= 11 is 6.73. The zero-order valence-electron chi connectivity index (χ0n) is 56.5. The van der Waals surface area contributed by atoms with E-state index in [1.165, 1.54) is 231 Å². The molecule has 0 amide bonds. The van der Waals surface area contributed by atoms with E-state index in [0.29, 0.717) is 88.3 Å². The van der Waals surface area contributed by atoms with E-state index < -0.39 is 13.1 Å². The molecule has 16 heteroatoms. The van der Waals surface area contributed by atoms with Crippen molar-refractivity contribution in [2.75, 3.05) is 62.7 Å². The monoisotopic (exact) mass is 1330 g/mol. The molecule has 0 rings (SSSR count). The molecule has 10 nitrogen and oxygen atoms in total. The summed E-state index contributed by atoms with van der Waals surface area (Å²) in [5.41, 5.74) is 0. The maximum atomic E-state index is 12.7. The Bertz CT molecular complexity index is 1230. The van der Waals surface area contributed by atoms with E-state index in [9.17, 15) is 19.2 Å². The van der Waals surface area contributed by atoms with Crippen molar-refractivity contribution in [1.82, 2.24) is 0 Å². The molecule has 0 unspecified atom stereocenters. The number of unbranched alkanes of at least 4 members (excludes halogenated alkanes) is 43. The molecule has 0 bridgehead atoms. The van der Waals surface area contributed by atoms with E-state index >= 15 is 0 Å². The van der Waals surface area contributed by atoms with E-state index in [4.69, 9.17) is 28.0 Å². The molecule has 0 aliphatic rings. The second kappa shape index (κ2) is 74.1. The molecule has 0 N–H and O–H groups in total. The highest BCUT2D eigenvalue weighted by Crippen LogP contribution is 2.63. The van der Waals surface area contributed by atoms with E-state index in [1.54, 1.807) is 45.5 Å². The van der Waals surface area contributed by atoms with Gasteiger partial charge in [0.2, 0.25) is 0 Å². The van der Waals surface area contributed by atoms with Crippen molar-refractivity contribution in [1.29, 1.82) is 0 Å². The summed E-state index contributed by atoms with van der Waals surface area (Å²) in [4.78, 5) is 50.7. The molecular weight excluding hydrogens is 1190 g/mol. The molecular formula is C70H136O10P2S4. The Morgan fingerprint density at radius 3 is 0.547 bits per heavy atom. The number of hydrogen-bond donors (Lipinski definition) is 0. The number of esters is 4. The summed E-state index contributed by atoms with van der Waals surface area (Å²) < 4.78 is 35.3. The van der Waals surface area contributed by atoms with Crippen LogP contribution in [0.25, 0.3) is 0 Å². The smallest absolute Gasteiger partial charge is 0.306 e. The first-order chi connectivity index (χ1) is 42.4. The standard InChI is InChI=1S/C70H136O10P2S4/c1-5-9-13-17-21-25-29-33-37-41-47-57-75-67(71)53-63-83-81(84-64-54-68(72)76-58-48-42-38-34-30-26-22-18-14-10-6-2)79-61-51-45-46-52-62-80-82(85-65-55-69(73)77-59-49-43-39-35-31-27-23-19-15-11-7-3)86-66-56-70(74)78-60-50-44-40-36-32-28-24-20-16-12-8-4/h5-66H2,1-4H3. The lowest BCUT2D eigenvalue weighted by atomic mass is 10.1. The summed E-state index contributed by atoms with van der Waals surface area (Å²) in [6, 6.07) is 0. The van der Waals surface area contributed by atoms with Gasteiger partial charge in [0, 0.05) is 23.0 Å². The minimum Gasteiger partial charge on any atom is -0.466 e. The number of ether oxygens (including phenoxy) is 4. The van der Waals surface area contributed by atoms with Gasteiger partial charge >= 0.3 is 23.9 Å². The van der Waals surface area contributed by atoms with Crippen LogP contribution in [0.1, 0.15) is 362 Å². The Labute approximate surface area is 550 Å². The maximum Gasteiger partial charge on any atom is 0.306 e. The predicted octanol–water partition coefficient (Wildman–Crippen LogP) is 24.9. The fraction of sp³-hybridized carbons (Fsp3) is 0.943. The Morgan fingerprint density at radius 2 is 0.372 bits per heavy atom. The minimum atomic E-state index is -0.939. The van der Waals surface area contributed by atoms with Crippen molar-refractivity contribution >= 4 is 82.5 Å². The SMILES string of the molecule is CCCCCCCCCCCCCOC(=O)CCSP(OCCCCCCOP(SCCC(=O)OCCCCCCCCCCCCC)SCCC(=O)OCCCCCCCCCCCCC)SCCC(=O)OCCCCCCCCCCCCC. The molecule has 0 atom stereocenters. The van der Waals surface area contributed by atoms with Gasteiger partial charge < -0.3 is 28.0 Å². The van der Waals surface area contributed by atoms with Crippen LogP contribution in [0, 0.1) is 0 Å². The fourth-order valence-corrected chi connectivity index (χ4v) is 21.7. The third-order valence-electron chi connectivity index (χ3n) is 15.5. The van der Waals surface area contributed by atoms with Crippen LogP contribution in [0.2, 0.25) is 0 Å². The van der Waals surface area contributed by atoms with Crippen molar-refractivity contribution in [3.05, 3.63) is 0 Å². The molecule has 0 heterocycles. The summed E-state index contributed by atoms with van der Waals surface area (Å²) in [6.45, 7) is 10.4. The van der Waals surface area contributed by atoms with Crippen molar-refractivity contribution in [3.63, 3.8) is 0 Å². The first-order valence-corrected chi connectivity index (χ1v) is 45.2. The lowest BCUT2D eigenvalue weighted by Crippen LogP contribution is -2.07. The molecule has 0 aliphatic heterocycles. The topological polar surface area (TPSA) is 124 Å². The van der Waals surface area contributed by atoms with Crippen LogP contribution < -0.4 is 0 Å². The maximum absolute atomic E-state index is 12.7. The first-order valence-electron chi connectivity index (χ1n) is 36.4. The van der Waals surface area contributed by atoms with Gasteiger partial charge in [0.05, 0.1) is 65.3 Å². The Hall–Kier alpha value is 0.0600. The third-order valence-corrected chi connectivity index (χ3v) is 28.4. The minimum absolute atomic E-state index is 0.141. The van der Waals surface area contributed by atoms with E-state index in [0.717, 1.165) is 77.0 Å². The molecule has 0 saturated carbocycles. The third kappa shape index (κ3) is 69.9. The Kier molecular flexibility index (Phi) is 74.2. The van der Waals surface area contributed by atoms with Gasteiger partial charge in [0.15, 0.2) is 13.1 Å². The summed E-state index contributed by atoms with van der Waals surface area (Å²) in [5, 5.41) is 0. The van der Waals surface area contributed by atoms with Gasteiger partial charge in [-0.3, -0.25) is 19.2 Å². The molecule has 86 heavy (non-hydrogen) atoms. The van der Waals surface area contributed by atoms with Crippen LogP contribution in [-0.4, -0.2) is 86.5 Å². The van der Waals surface area contributed by atoms with Gasteiger partial charge in [0.25, 0.3) is 0 Å². The Morgan fingerprint density at radius 1 is 0.221 bits per heavy atom. The van der Waals surface area contributed by atoms with Crippen molar-refractivity contribution in [3.8, 4) is 0 Å². The molecule has 0 radical (unpaired) electrons. The lowest BCUT2D eigenvalue weighted by molar-refractivity contribution is -0.144. The highest BCUT2D eigenvalue weighted by molar-refractivity contribution is 8.87. The summed E-state index contributed by atoms with van der Waals surface area (Å²) in [7, 11) is 0. The number of hydrogen-bond acceptors (Lipinski definition) is 14. The van der Waals surface area contributed by atoms with E-state index in [1.807, 2.05) is 0 Å². The van der Waals surface area contributed by atoms with Gasteiger partial charge in [-0.05, 0) is 38.5 Å². The largest absolute Gasteiger partial charge is 0.466 e. The van der Waals surface area contributed by atoms with Crippen LogP contribution in [0.5, 0.6) is 0 Å². The molecule has 0 saturated heterocycles. The second-order valence-corrected chi connectivity index (χ2v) is 36.4. The quantitative estimate of drug-likeness (QED) is 0.0248. The summed E-state index contributed by atoms with van der Waals surface area (Å²) in [6.07, 6.45) is 61.0. The highest BCUT2D eigenvalue weighted by Gasteiger charge is 2.17. The molecule has 0 spiro atoms. The van der Waals surface area contributed by atoms with Gasteiger partial charge in [-0.1, -0.05) is 343 Å². The average Bonchev–Trinajstić information content (AvgIpc) is 3.54. The Balaban J connectivity index is 4.90. The van der Waals surface area contributed by atoms with Gasteiger partial charge in [-0.25, -0.2) is 0 Å². The highest BCUT2D eigenvalue weighted by atomic mass is 33.1. The van der Waals surface area contributed by atoms with E-state index in [2.05, 4.69) is 27.7 Å². The van der Waals surface area contributed by atoms with Crippen LogP contribution in [0.15, 0.2) is 0 Å². The van der Waals surface area contributed by atoms with Crippen molar-refractivity contribution < 1.29 is 47.2 Å². The molecule has 510 valence electrons. The molecule has 0 fully saturated rings. The lowest BCUT2D eigenvalue weighted by Gasteiger charge is -2.17. The van der Waals surface area contributed by atoms with Crippen molar-refractivity contribution in [2.45, 2.75) is 362 Å². The normalized spacial score (nSPS) is 11.6. The molecule has 0 aromatic carbocycles. The average molecular weight is 1330 g/mol.